The molecule has 0 aliphatic rings. The molecule has 4 nitrogen and oxygen atoms in total. The van der Waals surface area contributed by atoms with Crippen LogP contribution in [-0.4, -0.2) is 24.0 Å². The predicted octanol–water partition coefficient (Wildman–Crippen LogP) is 1.36. The number of nitrogens with zero attached hydrogens (tertiary/aromatic N) is 1. The Kier molecular flexibility index (Phi) is 5.50. The lowest BCUT2D eigenvalue weighted by molar-refractivity contribution is 0.0954. The number of nitrogens with two attached hydrogens (primary N) is 1. The highest BCUT2D eigenvalue weighted by atomic mass is 16.1. The molecular weight excluding hydrogens is 262 g/mol. The number of hydrogen-bond acceptors (Lipinski definition) is 3. The molecule has 21 heavy (non-hydrogen) atoms. The maximum absolute atomic E-state index is 12.0. The van der Waals surface area contributed by atoms with Crippen LogP contribution in [0.3, 0.4) is 0 Å². The van der Waals surface area contributed by atoms with Crippen molar-refractivity contribution in [3.05, 3.63) is 65.5 Å². The van der Waals surface area contributed by atoms with Gasteiger partial charge in [-0.1, -0.05) is 11.8 Å². The van der Waals surface area contributed by atoms with Gasteiger partial charge in [-0.3, -0.25) is 9.78 Å². The van der Waals surface area contributed by atoms with Crippen molar-refractivity contribution in [1.29, 1.82) is 0 Å². The quantitative estimate of drug-likeness (QED) is 0.830. The Morgan fingerprint density at radius 1 is 1.14 bits per heavy atom. The summed E-state index contributed by atoms with van der Waals surface area (Å²) in [5, 5.41) is 2.89. The minimum atomic E-state index is -0.0811. The third-order valence-corrected chi connectivity index (χ3v) is 2.93. The number of rotatable bonds is 4. The molecule has 0 saturated carbocycles. The summed E-state index contributed by atoms with van der Waals surface area (Å²) in [6.07, 6.45) is 4.28. The highest BCUT2D eigenvalue weighted by Gasteiger charge is 2.04. The van der Waals surface area contributed by atoms with E-state index in [1.807, 2.05) is 24.3 Å². The molecule has 1 aromatic carbocycles. The molecule has 2 aromatic rings. The van der Waals surface area contributed by atoms with Gasteiger partial charge < -0.3 is 11.1 Å². The van der Waals surface area contributed by atoms with E-state index in [2.05, 4.69) is 22.1 Å². The number of carbonyl (C=O) groups excluding carboxylic acids is 1. The largest absolute Gasteiger partial charge is 0.352 e. The van der Waals surface area contributed by atoms with Gasteiger partial charge in [0.25, 0.3) is 5.91 Å². The monoisotopic (exact) mass is 279 g/mol. The van der Waals surface area contributed by atoms with Crippen molar-refractivity contribution < 1.29 is 4.79 Å². The highest BCUT2D eigenvalue weighted by Crippen LogP contribution is 2.03. The van der Waals surface area contributed by atoms with E-state index in [-0.39, 0.29) is 5.91 Å². The van der Waals surface area contributed by atoms with Crippen LogP contribution in [0.5, 0.6) is 0 Å². The van der Waals surface area contributed by atoms with Crippen molar-refractivity contribution in [1.82, 2.24) is 10.3 Å². The van der Waals surface area contributed by atoms with E-state index in [1.54, 1.807) is 24.5 Å². The van der Waals surface area contributed by atoms with Crippen molar-refractivity contribution in [2.45, 2.75) is 6.42 Å². The molecule has 1 aromatic heterocycles. The van der Waals surface area contributed by atoms with Crippen molar-refractivity contribution in [2.24, 2.45) is 5.73 Å². The summed E-state index contributed by atoms with van der Waals surface area (Å²) in [6.45, 7) is 0.925. The van der Waals surface area contributed by atoms with E-state index in [1.165, 1.54) is 0 Å². The van der Waals surface area contributed by atoms with Crippen LogP contribution in [-0.2, 0) is 6.42 Å². The van der Waals surface area contributed by atoms with E-state index in [4.69, 9.17) is 5.73 Å². The second-order valence-electron chi connectivity index (χ2n) is 4.44. The van der Waals surface area contributed by atoms with Crippen LogP contribution in [0, 0.1) is 11.8 Å². The number of nitrogens with one attached hydrogen (secondary N) is 1. The Hall–Kier alpha value is -2.64. The molecule has 106 valence electrons. The predicted molar refractivity (Wildman–Crippen MR) is 82.6 cm³/mol. The Labute approximate surface area is 124 Å². The van der Waals surface area contributed by atoms with Gasteiger partial charge in [0.2, 0.25) is 0 Å². The summed E-state index contributed by atoms with van der Waals surface area (Å²) in [6, 6.07) is 11.1. The first kappa shape index (κ1) is 14.8. The average Bonchev–Trinajstić information content (AvgIpc) is 2.54. The number of carbonyl (C=O) groups is 1. The van der Waals surface area contributed by atoms with Crippen LogP contribution in [0.25, 0.3) is 0 Å². The maximum Gasteiger partial charge on any atom is 0.251 e. The van der Waals surface area contributed by atoms with Crippen molar-refractivity contribution in [3.63, 3.8) is 0 Å². The zero-order chi connectivity index (χ0) is 14.9. The molecule has 0 aliphatic heterocycles. The van der Waals surface area contributed by atoms with Crippen molar-refractivity contribution >= 4 is 5.91 Å². The molecule has 0 aliphatic carbocycles. The fourth-order valence-electron chi connectivity index (χ4n) is 1.83. The zero-order valence-electron chi connectivity index (χ0n) is 11.7. The molecule has 0 saturated heterocycles. The van der Waals surface area contributed by atoms with E-state index < -0.39 is 0 Å². The molecule has 3 N–H and O–H groups in total. The number of hydrogen-bond donors (Lipinski definition) is 2. The van der Waals surface area contributed by atoms with Crippen LogP contribution < -0.4 is 11.1 Å². The first-order valence-corrected chi connectivity index (χ1v) is 6.75. The Balaban J connectivity index is 1.85. The normalized spacial score (nSPS) is 9.57. The summed E-state index contributed by atoms with van der Waals surface area (Å²) < 4.78 is 0. The SMILES string of the molecule is NCC#Cc1ccc(C(=O)NCCc2ccncc2)cc1. The molecule has 2 rings (SSSR count). The topological polar surface area (TPSA) is 68.0 Å². The van der Waals surface area contributed by atoms with Crippen molar-refractivity contribution in [2.75, 3.05) is 13.1 Å². The molecule has 0 fully saturated rings. The molecule has 4 heteroatoms. The lowest BCUT2D eigenvalue weighted by atomic mass is 10.1. The van der Waals surface area contributed by atoms with Crippen LogP contribution in [0.1, 0.15) is 21.5 Å². The molecule has 0 spiro atoms. The van der Waals surface area contributed by atoms with Crippen molar-refractivity contribution in [3.8, 4) is 11.8 Å². The van der Waals surface area contributed by atoms with Gasteiger partial charge in [-0.2, -0.15) is 0 Å². The molecule has 0 atom stereocenters. The Morgan fingerprint density at radius 3 is 2.52 bits per heavy atom. The molecular formula is C17H17N3O. The smallest absolute Gasteiger partial charge is 0.251 e. The van der Waals surface area contributed by atoms with Gasteiger partial charge in [-0.05, 0) is 48.4 Å². The van der Waals surface area contributed by atoms with E-state index in [9.17, 15) is 4.79 Å². The van der Waals surface area contributed by atoms with E-state index in [0.29, 0.717) is 18.7 Å². The standard InChI is InChI=1S/C17H17N3O/c18-10-1-2-14-3-5-16(6-4-14)17(21)20-13-9-15-7-11-19-12-8-15/h3-8,11-12H,9-10,13,18H2,(H,20,21). The summed E-state index contributed by atoms with van der Waals surface area (Å²) in [5.74, 6) is 5.62. The van der Waals surface area contributed by atoms with Crippen LogP contribution in [0.2, 0.25) is 0 Å². The second-order valence-corrected chi connectivity index (χ2v) is 4.44. The minimum Gasteiger partial charge on any atom is -0.352 e. The second kappa shape index (κ2) is 7.83. The van der Waals surface area contributed by atoms with Crippen LogP contribution in [0.15, 0.2) is 48.8 Å². The fraction of sp³-hybridized carbons (Fsp3) is 0.176. The highest BCUT2D eigenvalue weighted by molar-refractivity contribution is 5.94. The minimum absolute atomic E-state index is 0.0811. The zero-order valence-corrected chi connectivity index (χ0v) is 11.7. The molecule has 0 bridgehead atoms. The summed E-state index contributed by atoms with van der Waals surface area (Å²) in [4.78, 5) is 15.9. The number of amides is 1. The molecule has 1 amide bonds. The van der Waals surface area contributed by atoms with Crippen LogP contribution in [0.4, 0.5) is 0 Å². The third kappa shape index (κ3) is 4.75. The first-order chi connectivity index (χ1) is 10.3. The fourth-order valence-corrected chi connectivity index (χ4v) is 1.83. The number of aromatic nitrogens is 1. The van der Waals surface area contributed by atoms with E-state index in [0.717, 1.165) is 17.5 Å². The van der Waals surface area contributed by atoms with Gasteiger partial charge in [0.15, 0.2) is 0 Å². The lowest BCUT2D eigenvalue weighted by Crippen LogP contribution is -2.25. The summed E-state index contributed by atoms with van der Waals surface area (Å²) in [5.41, 5.74) is 7.95. The average molecular weight is 279 g/mol. The Morgan fingerprint density at radius 2 is 1.86 bits per heavy atom. The number of benzene rings is 1. The van der Waals surface area contributed by atoms with Gasteiger partial charge >= 0.3 is 0 Å². The molecule has 0 radical (unpaired) electrons. The maximum atomic E-state index is 12.0. The molecule has 1 heterocycles. The Bertz CT molecular complexity index is 639. The van der Waals surface area contributed by atoms with Gasteiger partial charge in [-0.25, -0.2) is 0 Å². The summed E-state index contributed by atoms with van der Waals surface area (Å²) in [7, 11) is 0. The van der Waals surface area contributed by atoms with Crippen LogP contribution >= 0.6 is 0 Å². The first-order valence-electron chi connectivity index (χ1n) is 6.75. The lowest BCUT2D eigenvalue weighted by Gasteiger charge is -2.05. The van der Waals surface area contributed by atoms with E-state index >= 15 is 0 Å². The van der Waals surface area contributed by atoms with Gasteiger partial charge in [-0.15, -0.1) is 0 Å². The third-order valence-electron chi connectivity index (χ3n) is 2.93. The number of pyridine rings is 1. The van der Waals surface area contributed by atoms with Gasteiger partial charge in [0.1, 0.15) is 0 Å². The van der Waals surface area contributed by atoms with Gasteiger partial charge in [0, 0.05) is 30.1 Å². The molecule has 0 unspecified atom stereocenters. The van der Waals surface area contributed by atoms with Gasteiger partial charge in [0.05, 0.1) is 6.54 Å². The summed E-state index contributed by atoms with van der Waals surface area (Å²) >= 11 is 0.